The zero-order chi connectivity index (χ0) is 20.0. The van der Waals surface area contributed by atoms with Gasteiger partial charge < -0.3 is 15.0 Å². The van der Waals surface area contributed by atoms with Crippen LogP contribution in [-0.4, -0.2) is 36.4 Å². The summed E-state index contributed by atoms with van der Waals surface area (Å²) in [7, 11) is 1.50. The molecule has 0 radical (unpaired) electrons. The van der Waals surface area contributed by atoms with Gasteiger partial charge in [0.05, 0.1) is 0 Å². The van der Waals surface area contributed by atoms with Crippen LogP contribution >= 0.6 is 0 Å². The Kier molecular flexibility index (Phi) is 6.93. The third-order valence-electron chi connectivity index (χ3n) is 4.27. The Morgan fingerprint density at radius 2 is 1.78 bits per heavy atom. The number of hydrogen-bond acceptors (Lipinski definition) is 3. The van der Waals surface area contributed by atoms with Gasteiger partial charge in [0.15, 0.2) is 6.61 Å². The van der Waals surface area contributed by atoms with Gasteiger partial charge in [-0.15, -0.1) is 0 Å². The Balaban J connectivity index is 2.17. The van der Waals surface area contributed by atoms with Crippen LogP contribution in [0.5, 0.6) is 5.75 Å². The molecule has 1 N–H and O–H groups in total. The van der Waals surface area contributed by atoms with Crippen LogP contribution in [0, 0.1) is 19.7 Å². The van der Waals surface area contributed by atoms with Crippen molar-refractivity contribution < 1.29 is 18.7 Å². The normalized spacial score (nSPS) is 11.6. The zero-order valence-electron chi connectivity index (χ0n) is 16.1. The number of carbonyl (C=O) groups is 2. The van der Waals surface area contributed by atoms with Crippen LogP contribution < -0.4 is 10.1 Å². The third kappa shape index (κ3) is 5.54. The Labute approximate surface area is 159 Å². The number of nitrogens with zero attached hydrogens (tertiary/aromatic N) is 1. The topological polar surface area (TPSA) is 58.6 Å². The van der Waals surface area contributed by atoms with Crippen molar-refractivity contribution in [1.29, 1.82) is 0 Å². The Morgan fingerprint density at radius 1 is 1.15 bits per heavy atom. The third-order valence-corrected chi connectivity index (χ3v) is 4.27. The molecule has 2 rings (SSSR count). The first-order valence-corrected chi connectivity index (χ1v) is 8.77. The van der Waals surface area contributed by atoms with E-state index in [2.05, 4.69) is 5.32 Å². The number of halogens is 1. The highest BCUT2D eigenvalue weighted by atomic mass is 19.1. The summed E-state index contributed by atoms with van der Waals surface area (Å²) in [4.78, 5) is 26.1. The smallest absolute Gasteiger partial charge is 0.261 e. The summed E-state index contributed by atoms with van der Waals surface area (Å²) < 4.78 is 19.7. The second kappa shape index (κ2) is 9.16. The summed E-state index contributed by atoms with van der Waals surface area (Å²) >= 11 is 0. The van der Waals surface area contributed by atoms with Crippen molar-refractivity contribution in [3.8, 4) is 5.75 Å². The van der Waals surface area contributed by atoms with E-state index in [-0.39, 0.29) is 19.1 Å². The van der Waals surface area contributed by atoms with Crippen molar-refractivity contribution in [2.75, 3.05) is 13.7 Å². The first-order chi connectivity index (χ1) is 12.8. The van der Waals surface area contributed by atoms with Gasteiger partial charge in [-0.05, 0) is 50.1 Å². The molecular weight excluding hydrogens is 347 g/mol. The number of ether oxygens (including phenoxy) is 1. The van der Waals surface area contributed by atoms with Gasteiger partial charge in [-0.2, -0.15) is 0 Å². The molecular formula is C21H25FN2O3. The number of carbonyl (C=O) groups excluding carboxylic acids is 2. The summed E-state index contributed by atoms with van der Waals surface area (Å²) in [5, 5.41) is 2.52. The summed E-state index contributed by atoms with van der Waals surface area (Å²) in [6, 6.07) is 11.1. The summed E-state index contributed by atoms with van der Waals surface area (Å²) in [6.45, 7) is 5.24. The fraction of sp³-hybridized carbons (Fsp3) is 0.333. The van der Waals surface area contributed by atoms with Crippen LogP contribution in [0.1, 0.15) is 23.6 Å². The van der Waals surface area contributed by atoms with E-state index in [1.54, 1.807) is 25.1 Å². The molecule has 0 unspecified atom stereocenters. The summed E-state index contributed by atoms with van der Waals surface area (Å²) in [5.74, 6) is -0.562. The zero-order valence-corrected chi connectivity index (χ0v) is 16.1. The largest absolute Gasteiger partial charge is 0.484 e. The standard InChI is InChI=1S/C21H25FN2O3/c1-14-9-15(2)11-18(10-14)27-13-20(25)24(16(3)21(26)23-4)12-17-7-5-6-8-19(17)22/h5-11,16H,12-13H2,1-4H3,(H,23,26)/t16-/m0/s1. The molecule has 0 fully saturated rings. The van der Waals surface area contributed by atoms with Gasteiger partial charge in [0, 0.05) is 19.2 Å². The number of hydrogen-bond donors (Lipinski definition) is 1. The Morgan fingerprint density at radius 3 is 2.37 bits per heavy atom. The molecule has 2 amide bonds. The molecule has 6 heteroatoms. The van der Waals surface area contributed by atoms with Gasteiger partial charge in [-0.25, -0.2) is 4.39 Å². The van der Waals surface area contributed by atoms with E-state index in [0.29, 0.717) is 11.3 Å². The van der Waals surface area contributed by atoms with Crippen molar-refractivity contribution >= 4 is 11.8 Å². The quantitative estimate of drug-likeness (QED) is 0.813. The van der Waals surface area contributed by atoms with Crippen LogP contribution in [0.15, 0.2) is 42.5 Å². The summed E-state index contributed by atoms with van der Waals surface area (Å²) in [5.41, 5.74) is 2.40. The maximum absolute atomic E-state index is 14.0. The molecule has 144 valence electrons. The van der Waals surface area contributed by atoms with Gasteiger partial charge >= 0.3 is 0 Å². The number of likely N-dealkylation sites (N-methyl/N-ethyl adjacent to an activating group) is 1. The van der Waals surface area contributed by atoms with Crippen LogP contribution in [0.25, 0.3) is 0 Å². The molecule has 27 heavy (non-hydrogen) atoms. The lowest BCUT2D eigenvalue weighted by Gasteiger charge is -2.28. The monoisotopic (exact) mass is 372 g/mol. The SMILES string of the molecule is CNC(=O)[C@H](C)N(Cc1ccccc1F)C(=O)COc1cc(C)cc(C)c1. The van der Waals surface area contributed by atoms with E-state index in [1.165, 1.54) is 18.0 Å². The fourth-order valence-electron chi connectivity index (χ4n) is 2.85. The van der Waals surface area contributed by atoms with Gasteiger partial charge in [-0.3, -0.25) is 9.59 Å². The number of benzene rings is 2. The second-order valence-corrected chi connectivity index (χ2v) is 6.52. The van der Waals surface area contributed by atoms with Gasteiger partial charge in [0.25, 0.3) is 5.91 Å². The molecule has 5 nitrogen and oxygen atoms in total. The maximum Gasteiger partial charge on any atom is 0.261 e. The predicted molar refractivity (Wildman–Crippen MR) is 102 cm³/mol. The average Bonchev–Trinajstić information content (AvgIpc) is 2.63. The van der Waals surface area contributed by atoms with Crippen molar-refractivity contribution in [2.45, 2.75) is 33.4 Å². The fourth-order valence-corrected chi connectivity index (χ4v) is 2.85. The highest BCUT2D eigenvalue weighted by molar-refractivity contribution is 5.87. The maximum atomic E-state index is 14.0. The number of rotatable bonds is 7. The highest BCUT2D eigenvalue weighted by Gasteiger charge is 2.26. The minimum absolute atomic E-state index is 0.0176. The van der Waals surface area contributed by atoms with Crippen molar-refractivity contribution in [3.05, 3.63) is 65.0 Å². The van der Waals surface area contributed by atoms with Gasteiger partial charge in [-0.1, -0.05) is 24.3 Å². The molecule has 0 bridgehead atoms. The molecule has 0 aliphatic rings. The molecule has 0 aliphatic carbocycles. The van der Waals surface area contributed by atoms with Gasteiger partial charge in [0.1, 0.15) is 17.6 Å². The lowest BCUT2D eigenvalue weighted by molar-refractivity contribution is -0.142. The Hall–Kier alpha value is -2.89. The molecule has 0 saturated carbocycles. The van der Waals surface area contributed by atoms with Crippen LogP contribution in [0.2, 0.25) is 0 Å². The molecule has 1 atom stereocenters. The first kappa shape index (κ1) is 20.4. The van der Waals surface area contributed by atoms with Crippen LogP contribution in [-0.2, 0) is 16.1 Å². The first-order valence-electron chi connectivity index (χ1n) is 8.77. The minimum Gasteiger partial charge on any atom is -0.484 e. The minimum atomic E-state index is -0.759. The van der Waals surface area contributed by atoms with E-state index in [0.717, 1.165) is 11.1 Å². The Bertz CT molecular complexity index is 803. The highest BCUT2D eigenvalue weighted by Crippen LogP contribution is 2.17. The van der Waals surface area contributed by atoms with E-state index >= 15 is 0 Å². The van der Waals surface area contributed by atoms with Crippen molar-refractivity contribution in [3.63, 3.8) is 0 Å². The predicted octanol–water partition coefficient (Wildman–Crippen LogP) is 2.98. The van der Waals surface area contributed by atoms with E-state index < -0.39 is 17.8 Å². The lowest BCUT2D eigenvalue weighted by Crippen LogP contribution is -2.48. The summed E-state index contributed by atoms with van der Waals surface area (Å²) in [6.07, 6.45) is 0. The average molecular weight is 372 g/mol. The molecule has 0 spiro atoms. The number of nitrogens with one attached hydrogen (secondary N) is 1. The molecule has 0 aliphatic heterocycles. The van der Waals surface area contributed by atoms with Crippen molar-refractivity contribution in [2.24, 2.45) is 0 Å². The van der Waals surface area contributed by atoms with Gasteiger partial charge in [0.2, 0.25) is 5.91 Å². The molecule has 2 aromatic rings. The van der Waals surface area contributed by atoms with Crippen LogP contribution in [0.3, 0.4) is 0 Å². The molecule has 0 aromatic heterocycles. The number of aryl methyl sites for hydroxylation is 2. The second-order valence-electron chi connectivity index (χ2n) is 6.52. The molecule has 2 aromatic carbocycles. The van der Waals surface area contributed by atoms with Crippen LogP contribution in [0.4, 0.5) is 4.39 Å². The van der Waals surface area contributed by atoms with E-state index in [4.69, 9.17) is 4.74 Å². The van der Waals surface area contributed by atoms with Crippen molar-refractivity contribution in [1.82, 2.24) is 10.2 Å². The molecule has 0 saturated heterocycles. The van der Waals surface area contributed by atoms with E-state index in [9.17, 15) is 14.0 Å². The van der Waals surface area contributed by atoms with E-state index in [1.807, 2.05) is 32.0 Å². The number of amides is 2. The lowest BCUT2D eigenvalue weighted by atomic mass is 10.1. The molecule has 0 heterocycles.